The first-order valence-electron chi connectivity index (χ1n) is 5.95. The van der Waals surface area contributed by atoms with Crippen molar-refractivity contribution in [3.63, 3.8) is 0 Å². The molecule has 98 valence electrons. The summed E-state index contributed by atoms with van der Waals surface area (Å²) in [5.41, 5.74) is 8.75. The van der Waals surface area contributed by atoms with Crippen LogP contribution < -0.4 is 11.1 Å². The average Bonchev–Trinajstić information content (AvgIpc) is 2.40. The number of amides is 1. The number of carbonyl (C=O) groups is 1. The molecule has 0 heterocycles. The molecule has 0 saturated heterocycles. The van der Waals surface area contributed by atoms with Gasteiger partial charge in [0.1, 0.15) is 0 Å². The smallest absolute Gasteiger partial charge is 0.248 e. The molecule has 0 bridgehead atoms. The van der Waals surface area contributed by atoms with E-state index in [9.17, 15) is 4.79 Å². The van der Waals surface area contributed by atoms with Crippen molar-refractivity contribution in [1.29, 1.82) is 0 Å². The number of aryl methyl sites for hydroxylation is 1. The molecule has 0 aliphatic carbocycles. The molecular weight excluding hydrogens is 260 g/mol. The summed E-state index contributed by atoms with van der Waals surface area (Å²) in [5, 5.41) is 3.99. The van der Waals surface area contributed by atoms with Gasteiger partial charge in [-0.05, 0) is 42.3 Å². The van der Waals surface area contributed by atoms with E-state index in [1.165, 1.54) is 0 Å². The number of anilines is 1. The number of hydrogen-bond acceptors (Lipinski definition) is 2. The molecule has 2 rings (SSSR count). The zero-order chi connectivity index (χ0) is 13.8. The Hall–Kier alpha value is -2.00. The van der Waals surface area contributed by atoms with E-state index in [2.05, 4.69) is 5.32 Å². The molecule has 4 heteroatoms. The fourth-order valence-electron chi connectivity index (χ4n) is 1.74. The summed E-state index contributed by atoms with van der Waals surface area (Å²) in [5.74, 6) is -0.416. The van der Waals surface area contributed by atoms with Crippen LogP contribution in [0.2, 0.25) is 5.02 Å². The molecule has 0 spiro atoms. The Labute approximate surface area is 117 Å². The molecule has 0 fully saturated rings. The Morgan fingerprint density at radius 3 is 2.74 bits per heavy atom. The lowest BCUT2D eigenvalue weighted by molar-refractivity contribution is 0.1000. The van der Waals surface area contributed by atoms with Crippen molar-refractivity contribution in [2.45, 2.75) is 13.5 Å². The van der Waals surface area contributed by atoms with Crippen LogP contribution >= 0.6 is 11.6 Å². The molecule has 0 aliphatic rings. The van der Waals surface area contributed by atoms with Crippen LogP contribution in [-0.4, -0.2) is 5.91 Å². The van der Waals surface area contributed by atoms with Crippen LogP contribution in [0.25, 0.3) is 0 Å². The third kappa shape index (κ3) is 3.48. The van der Waals surface area contributed by atoms with Crippen LogP contribution in [0.4, 0.5) is 5.69 Å². The van der Waals surface area contributed by atoms with Gasteiger partial charge >= 0.3 is 0 Å². The standard InChI is InChI=1S/C15H15ClN2O/c1-10-5-6-13(8-14(10)16)18-9-11-3-2-4-12(7-11)15(17)19/h2-8,18H,9H2,1H3,(H2,17,19). The van der Waals surface area contributed by atoms with E-state index in [4.69, 9.17) is 17.3 Å². The van der Waals surface area contributed by atoms with E-state index in [0.717, 1.165) is 21.8 Å². The lowest BCUT2D eigenvalue weighted by atomic mass is 10.1. The predicted octanol–water partition coefficient (Wildman–Crippen LogP) is 3.36. The Balaban J connectivity index is 2.07. The summed E-state index contributed by atoms with van der Waals surface area (Å²) in [6.07, 6.45) is 0. The van der Waals surface area contributed by atoms with Crippen molar-refractivity contribution in [3.8, 4) is 0 Å². The molecule has 19 heavy (non-hydrogen) atoms. The summed E-state index contributed by atoms with van der Waals surface area (Å²) in [6.45, 7) is 2.57. The van der Waals surface area contributed by atoms with Gasteiger partial charge in [-0.3, -0.25) is 4.79 Å². The quantitative estimate of drug-likeness (QED) is 0.898. The molecule has 0 unspecified atom stereocenters. The summed E-state index contributed by atoms with van der Waals surface area (Å²) < 4.78 is 0. The van der Waals surface area contributed by atoms with Crippen LogP contribution in [-0.2, 0) is 6.54 Å². The zero-order valence-electron chi connectivity index (χ0n) is 10.6. The van der Waals surface area contributed by atoms with Gasteiger partial charge in [-0.1, -0.05) is 29.8 Å². The van der Waals surface area contributed by atoms with E-state index >= 15 is 0 Å². The maximum atomic E-state index is 11.1. The van der Waals surface area contributed by atoms with E-state index in [-0.39, 0.29) is 0 Å². The Morgan fingerprint density at radius 1 is 1.26 bits per heavy atom. The number of benzene rings is 2. The van der Waals surface area contributed by atoms with Crippen molar-refractivity contribution in [2.75, 3.05) is 5.32 Å². The fourth-order valence-corrected chi connectivity index (χ4v) is 1.92. The number of rotatable bonds is 4. The first-order valence-corrected chi connectivity index (χ1v) is 6.33. The molecule has 2 aromatic carbocycles. The number of hydrogen-bond donors (Lipinski definition) is 2. The number of carbonyl (C=O) groups excluding carboxylic acids is 1. The average molecular weight is 275 g/mol. The number of nitrogens with two attached hydrogens (primary N) is 1. The van der Waals surface area contributed by atoms with Gasteiger partial charge in [-0.2, -0.15) is 0 Å². The van der Waals surface area contributed by atoms with Gasteiger partial charge in [0.15, 0.2) is 0 Å². The second-order valence-electron chi connectivity index (χ2n) is 4.38. The third-order valence-electron chi connectivity index (χ3n) is 2.88. The van der Waals surface area contributed by atoms with Gasteiger partial charge in [0.05, 0.1) is 0 Å². The second-order valence-corrected chi connectivity index (χ2v) is 4.79. The lowest BCUT2D eigenvalue weighted by Gasteiger charge is -2.08. The maximum absolute atomic E-state index is 11.1. The summed E-state index contributed by atoms with van der Waals surface area (Å²) in [7, 11) is 0. The Kier molecular flexibility index (Phi) is 4.07. The largest absolute Gasteiger partial charge is 0.381 e. The van der Waals surface area contributed by atoms with Gasteiger partial charge in [0, 0.05) is 22.8 Å². The first-order chi connectivity index (χ1) is 9.06. The summed E-state index contributed by atoms with van der Waals surface area (Å²) >= 11 is 6.06. The predicted molar refractivity (Wildman–Crippen MR) is 78.5 cm³/mol. The van der Waals surface area contributed by atoms with Crippen LogP contribution in [0.1, 0.15) is 21.5 Å². The monoisotopic (exact) mass is 274 g/mol. The van der Waals surface area contributed by atoms with E-state index in [1.807, 2.05) is 37.3 Å². The third-order valence-corrected chi connectivity index (χ3v) is 3.29. The molecule has 0 aliphatic heterocycles. The molecule has 0 atom stereocenters. The maximum Gasteiger partial charge on any atom is 0.248 e. The van der Waals surface area contributed by atoms with Crippen molar-refractivity contribution >= 4 is 23.2 Å². The highest BCUT2D eigenvalue weighted by Crippen LogP contribution is 2.20. The van der Waals surface area contributed by atoms with Gasteiger partial charge < -0.3 is 11.1 Å². The fraction of sp³-hybridized carbons (Fsp3) is 0.133. The van der Waals surface area contributed by atoms with Crippen molar-refractivity contribution in [3.05, 3.63) is 64.2 Å². The molecule has 0 radical (unpaired) electrons. The number of primary amides is 1. The van der Waals surface area contributed by atoms with Crippen molar-refractivity contribution in [2.24, 2.45) is 5.73 Å². The molecule has 3 N–H and O–H groups in total. The van der Waals surface area contributed by atoms with Crippen LogP contribution in [0.15, 0.2) is 42.5 Å². The minimum absolute atomic E-state index is 0.416. The van der Waals surface area contributed by atoms with Crippen molar-refractivity contribution in [1.82, 2.24) is 0 Å². The molecule has 1 amide bonds. The molecule has 2 aromatic rings. The summed E-state index contributed by atoms with van der Waals surface area (Å²) in [4.78, 5) is 11.1. The van der Waals surface area contributed by atoms with E-state index in [1.54, 1.807) is 12.1 Å². The Morgan fingerprint density at radius 2 is 2.05 bits per heavy atom. The molecular formula is C15H15ClN2O. The van der Waals surface area contributed by atoms with Crippen LogP contribution in [0.5, 0.6) is 0 Å². The van der Waals surface area contributed by atoms with E-state index < -0.39 is 5.91 Å². The topological polar surface area (TPSA) is 55.1 Å². The van der Waals surface area contributed by atoms with Gasteiger partial charge in [0.25, 0.3) is 0 Å². The van der Waals surface area contributed by atoms with Crippen molar-refractivity contribution < 1.29 is 4.79 Å². The lowest BCUT2D eigenvalue weighted by Crippen LogP contribution is -2.11. The molecule has 3 nitrogen and oxygen atoms in total. The minimum atomic E-state index is -0.416. The van der Waals surface area contributed by atoms with Crippen LogP contribution in [0, 0.1) is 6.92 Å². The number of nitrogens with one attached hydrogen (secondary N) is 1. The normalized spacial score (nSPS) is 10.2. The van der Waals surface area contributed by atoms with Crippen LogP contribution in [0.3, 0.4) is 0 Å². The van der Waals surface area contributed by atoms with Gasteiger partial charge in [-0.25, -0.2) is 0 Å². The number of halogens is 1. The highest BCUT2D eigenvalue weighted by atomic mass is 35.5. The SMILES string of the molecule is Cc1ccc(NCc2cccc(C(N)=O)c2)cc1Cl. The minimum Gasteiger partial charge on any atom is -0.381 e. The molecule has 0 aromatic heterocycles. The van der Waals surface area contributed by atoms with Gasteiger partial charge in [0.2, 0.25) is 5.91 Å². The van der Waals surface area contributed by atoms with Gasteiger partial charge in [-0.15, -0.1) is 0 Å². The highest BCUT2D eigenvalue weighted by Gasteiger charge is 2.02. The highest BCUT2D eigenvalue weighted by molar-refractivity contribution is 6.31. The first kappa shape index (κ1) is 13.4. The molecule has 0 saturated carbocycles. The zero-order valence-corrected chi connectivity index (χ0v) is 11.4. The summed E-state index contributed by atoms with van der Waals surface area (Å²) in [6, 6.07) is 13.1. The van der Waals surface area contributed by atoms with E-state index in [0.29, 0.717) is 12.1 Å². The Bertz CT molecular complexity index is 611. The second kappa shape index (κ2) is 5.76.